The largest absolute Gasteiger partial charge is 0.469 e. The van der Waals surface area contributed by atoms with Crippen LogP contribution in [0.4, 0.5) is 5.13 Å². The van der Waals surface area contributed by atoms with Crippen molar-refractivity contribution in [3.05, 3.63) is 11.1 Å². The number of carbonyl (C=O) groups is 1. The van der Waals surface area contributed by atoms with E-state index in [1.165, 1.54) is 25.7 Å². The SMILES string of the molecule is COC(=O)CCc1csc(NCC2(C)CCCS2)n1. The Morgan fingerprint density at radius 1 is 1.63 bits per heavy atom. The molecule has 106 valence electrons. The van der Waals surface area contributed by atoms with Gasteiger partial charge < -0.3 is 10.1 Å². The zero-order chi connectivity index (χ0) is 13.7. The topological polar surface area (TPSA) is 51.2 Å². The molecule has 2 rings (SSSR count). The predicted molar refractivity (Wildman–Crippen MR) is 81.0 cm³/mol. The Morgan fingerprint density at radius 3 is 3.16 bits per heavy atom. The van der Waals surface area contributed by atoms with E-state index >= 15 is 0 Å². The average Bonchev–Trinajstić information content (AvgIpc) is 3.03. The van der Waals surface area contributed by atoms with Crippen LogP contribution in [0.3, 0.4) is 0 Å². The molecule has 2 heterocycles. The number of nitrogens with zero attached hydrogens (tertiary/aromatic N) is 1. The Hall–Kier alpha value is -0.750. The number of thiazole rings is 1. The summed E-state index contributed by atoms with van der Waals surface area (Å²) >= 11 is 3.65. The normalized spacial score (nSPS) is 22.4. The van der Waals surface area contributed by atoms with Gasteiger partial charge in [-0.2, -0.15) is 11.8 Å². The van der Waals surface area contributed by atoms with Crippen molar-refractivity contribution < 1.29 is 9.53 Å². The molecule has 0 saturated carbocycles. The van der Waals surface area contributed by atoms with E-state index in [1.807, 2.05) is 17.1 Å². The van der Waals surface area contributed by atoms with E-state index in [9.17, 15) is 4.79 Å². The van der Waals surface area contributed by atoms with Gasteiger partial charge in [-0.25, -0.2) is 4.98 Å². The monoisotopic (exact) mass is 300 g/mol. The van der Waals surface area contributed by atoms with E-state index in [0.717, 1.165) is 17.4 Å². The minimum absolute atomic E-state index is 0.183. The zero-order valence-electron chi connectivity index (χ0n) is 11.4. The number of hydrogen-bond acceptors (Lipinski definition) is 6. The Kier molecular flexibility index (Phi) is 5.10. The van der Waals surface area contributed by atoms with Gasteiger partial charge >= 0.3 is 5.97 Å². The van der Waals surface area contributed by atoms with Crippen LogP contribution in [0.25, 0.3) is 0 Å². The molecule has 0 aliphatic carbocycles. The first kappa shape index (κ1) is 14.7. The van der Waals surface area contributed by atoms with E-state index in [1.54, 1.807) is 11.3 Å². The van der Waals surface area contributed by atoms with Crippen molar-refractivity contribution in [2.45, 2.75) is 37.4 Å². The van der Waals surface area contributed by atoms with E-state index in [2.05, 4.69) is 22.0 Å². The number of anilines is 1. The smallest absolute Gasteiger partial charge is 0.305 e. The molecule has 6 heteroatoms. The number of methoxy groups -OCH3 is 1. The summed E-state index contributed by atoms with van der Waals surface area (Å²) in [6, 6.07) is 0. The van der Waals surface area contributed by atoms with Gasteiger partial charge in [0.1, 0.15) is 0 Å². The van der Waals surface area contributed by atoms with Gasteiger partial charge in [0.25, 0.3) is 0 Å². The number of nitrogens with one attached hydrogen (secondary N) is 1. The maximum Gasteiger partial charge on any atom is 0.305 e. The van der Waals surface area contributed by atoms with Gasteiger partial charge in [-0.3, -0.25) is 4.79 Å². The highest BCUT2D eigenvalue weighted by Gasteiger charge is 2.29. The third-order valence-corrected chi connectivity index (χ3v) is 5.67. The third kappa shape index (κ3) is 4.38. The molecule has 0 aromatic carbocycles. The van der Waals surface area contributed by atoms with Crippen molar-refractivity contribution in [2.75, 3.05) is 24.7 Å². The van der Waals surface area contributed by atoms with Gasteiger partial charge in [-0.15, -0.1) is 11.3 Å². The van der Waals surface area contributed by atoms with Gasteiger partial charge in [0.2, 0.25) is 0 Å². The van der Waals surface area contributed by atoms with Gasteiger partial charge in [-0.05, 0) is 25.5 Å². The Bertz CT molecular complexity index is 428. The van der Waals surface area contributed by atoms with Crippen LogP contribution in [0.2, 0.25) is 0 Å². The Labute approximate surface area is 122 Å². The lowest BCUT2D eigenvalue weighted by molar-refractivity contribution is -0.140. The summed E-state index contributed by atoms with van der Waals surface area (Å²) in [5.41, 5.74) is 0.960. The first-order chi connectivity index (χ1) is 9.11. The lowest BCUT2D eigenvalue weighted by atomic mass is 10.1. The maximum atomic E-state index is 11.1. The summed E-state index contributed by atoms with van der Waals surface area (Å²) in [4.78, 5) is 15.6. The number of aryl methyl sites for hydroxylation is 1. The molecule has 1 N–H and O–H groups in total. The van der Waals surface area contributed by atoms with Crippen LogP contribution in [-0.4, -0.2) is 35.1 Å². The number of hydrogen-bond donors (Lipinski definition) is 1. The van der Waals surface area contributed by atoms with Crippen molar-refractivity contribution in [3.8, 4) is 0 Å². The lowest BCUT2D eigenvalue weighted by Gasteiger charge is -2.22. The lowest BCUT2D eigenvalue weighted by Crippen LogP contribution is -2.26. The second-order valence-corrected chi connectivity index (χ2v) is 7.52. The Balaban J connectivity index is 1.78. The maximum absolute atomic E-state index is 11.1. The van der Waals surface area contributed by atoms with Crippen LogP contribution in [-0.2, 0) is 16.0 Å². The van der Waals surface area contributed by atoms with Crippen molar-refractivity contribution in [3.63, 3.8) is 0 Å². The Morgan fingerprint density at radius 2 is 2.47 bits per heavy atom. The number of aromatic nitrogens is 1. The fraction of sp³-hybridized carbons (Fsp3) is 0.692. The van der Waals surface area contributed by atoms with E-state index < -0.39 is 0 Å². The molecule has 1 aromatic rings. The molecular formula is C13H20N2O2S2. The second-order valence-electron chi connectivity index (χ2n) is 4.98. The summed E-state index contributed by atoms with van der Waals surface area (Å²) in [7, 11) is 1.41. The van der Waals surface area contributed by atoms with Gasteiger partial charge in [-0.1, -0.05) is 0 Å². The van der Waals surface area contributed by atoms with Gasteiger partial charge in [0, 0.05) is 23.1 Å². The summed E-state index contributed by atoms with van der Waals surface area (Å²) in [5, 5.41) is 6.38. The third-order valence-electron chi connectivity index (χ3n) is 3.28. The minimum Gasteiger partial charge on any atom is -0.469 e. The van der Waals surface area contributed by atoms with Crippen LogP contribution >= 0.6 is 23.1 Å². The summed E-state index contributed by atoms with van der Waals surface area (Å²) in [6.07, 6.45) is 3.63. The molecule has 1 aliphatic heterocycles. The van der Waals surface area contributed by atoms with E-state index in [0.29, 0.717) is 17.6 Å². The summed E-state index contributed by atoms with van der Waals surface area (Å²) < 4.78 is 4.97. The molecule has 0 bridgehead atoms. The molecule has 1 saturated heterocycles. The number of rotatable bonds is 6. The zero-order valence-corrected chi connectivity index (χ0v) is 13.0. The van der Waals surface area contributed by atoms with Gasteiger partial charge in [0.05, 0.1) is 19.2 Å². The fourth-order valence-corrected chi connectivity index (χ4v) is 4.06. The molecule has 0 radical (unpaired) electrons. The molecule has 1 aromatic heterocycles. The standard InChI is InChI=1S/C13H20N2O2S2/c1-13(6-3-7-19-13)9-14-12-15-10(8-18-12)4-5-11(16)17-2/h8H,3-7,9H2,1-2H3,(H,14,15). The second kappa shape index (κ2) is 6.61. The molecule has 4 nitrogen and oxygen atoms in total. The molecule has 19 heavy (non-hydrogen) atoms. The van der Waals surface area contributed by atoms with Crippen LogP contribution < -0.4 is 5.32 Å². The van der Waals surface area contributed by atoms with Crippen LogP contribution in [0.1, 0.15) is 31.9 Å². The summed E-state index contributed by atoms with van der Waals surface area (Å²) in [6.45, 7) is 3.27. The van der Waals surface area contributed by atoms with Crippen molar-refractivity contribution in [1.29, 1.82) is 0 Å². The summed E-state index contributed by atoms with van der Waals surface area (Å²) in [5.74, 6) is 1.08. The molecule has 1 aliphatic rings. The highest BCUT2D eigenvalue weighted by molar-refractivity contribution is 8.00. The molecular weight excluding hydrogens is 280 g/mol. The first-order valence-electron chi connectivity index (χ1n) is 6.50. The molecule has 0 spiro atoms. The molecule has 0 amide bonds. The van der Waals surface area contributed by atoms with E-state index in [-0.39, 0.29) is 5.97 Å². The predicted octanol–water partition coefficient (Wildman–Crippen LogP) is 2.95. The van der Waals surface area contributed by atoms with Gasteiger partial charge in [0.15, 0.2) is 5.13 Å². The van der Waals surface area contributed by atoms with Crippen LogP contribution in [0.15, 0.2) is 5.38 Å². The van der Waals surface area contributed by atoms with Crippen LogP contribution in [0.5, 0.6) is 0 Å². The quantitative estimate of drug-likeness (QED) is 0.819. The number of carbonyl (C=O) groups excluding carboxylic acids is 1. The number of ether oxygens (including phenoxy) is 1. The average molecular weight is 300 g/mol. The van der Waals surface area contributed by atoms with E-state index in [4.69, 9.17) is 0 Å². The number of thioether (sulfide) groups is 1. The highest BCUT2D eigenvalue weighted by atomic mass is 32.2. The fourth-order valence-electron chi connectivity index (χ4n) is 2.07. The van der Waals surface area contributed by atoms with Crippen molar-refractivity contribution in [1.82, 2.24) is 4.98 Å². The minimum atomic E-state index is -0.183. The molecule has 1 unspecified atom stereocenters. The number of esters is 1. The highest BCUT2D eigenvalue weighted by Crippen LogP contribution is 2.37. The first-order valence-corrected chi connectivity index (χ1v) is 8.37. The molecule has 1 atom stereocenters. The van der Waals surface area contributed by atoms with Crippen molar-refractivity contribution in [2.24, 2.45) is 0 Å². The van der Waals surface area contributed by atoms with Crippen LogP contribution in [0, 0.1) is 0 Å². The molecule has 1 fully saturated rings. The van der Waals surface area contributed by atoms with Crippen molar-refractivity contribution >= 4 is 34.2 Å².